The van der Waals surface area contributed by atoms with Crippen molar-refractivity contribution in [3.63, 3.8) is 0 Å². The van der Waals surface area contributed by atoms with Crippen LogP contribution in [0.1, 0.15) is 38.3 Å². The monoisotopic (exact) mass is 352 g/mol. The van der Waals surface area contributed by atoms with Gasteiger partial charge >= 0.3 is 0 Å². The Hall–Kier alpha value is -2.69. The molecule has 0 N–H and O–H groups in total. The van der Waals surface area contributed by atoms with Crippen molar-refractivity contribution in [2.75, 3.05) is 26.2 Å². The van der Waals surface area contributed by atoms with Crippen LogP contribution in [0.2, 0.25) is 0 Å². The van der Waals surface area contributed by atoms with Crippen LogP contribution in [0.3, 0.4) is 0 Å². The lowest BCUT2D eigenvalue weighted by Crippen LogP contribution is -2.50. The zero-order chi connectivity index (χ0) is 18.1. The van der Waals surface area contributed by atoms with Gasteiger partial charge in [-0.25, -0.2) is 4.39 Å². The minimum atomic E-state index is -0.415. The maximum Gasteiger partial charge on any atom is 0.254 e. The molecule has 0 spiro atoms. The first-order valence-electron chi connectivity index (χ1n) is 9.08. The fourth-order valence-corrected chi connectivity index (χ4v) is 3.80. The van der Waals surface area contributed by atoms with E-state index >= 15 is 0 Å². The summed E-state index contributed by atoms with van der Waals surface area (Å²) >= 11 is 0. The third-order valence-electron chi connectivity index (χ3n) is 5.27. The molecule has 4 rings (SSSR count). The molecule has 2 amide bonds. The average molecular weight is 352 g/mol. The Balaban J connectivity index is 1.40. The van der Waals surface area contributed by atoms with Gasteiger partial charge in [0, 0.05) is 37.3 Å². The highest BCUT2D eigenvalue weighted by Crippen LogP contribution is 2.23. The lowest BCUT2D eigenvalue weighted by atomic mass is 10.1. The van der Waals surface area contributed by atoms with Crippen molar-refractivity contribution in [2.24, 2.45) is 0 Å². The maximum atomic E-state index is 13.3. The van der Waals surface area contributed by atoms with Crippen molar-refractivity contribution in [1.29, 1.82) is 0 Å². The Labute approximate surface area is 152 Å². The zero-order valence-corrected chi connectivity index (χ0v) is 14.6. The molecule has 1 aliphatic carbocycles. The largest absolute Gasteiger partial charge is 0.335 e. The third-order valence-corrected chi connectivity index (χ3v) is 5.27. The summed E-state index contributed by atoms with van der Waals surface area (Å²) in [5.74, 6) is -0.576. The predicted molar refractivity (Wildman–Crippen MR) is 96.7 cm³/mol. The van der Waals surface area contributed by atoms with E-state index in [1.807, 2.05) is 12.1 Å². The minimum Gasteiger partial charge on any atom is -0.335 e. The Kier molecular flexibility index (Phi) is 4.45. The van der Waals surface area contributed by atoms with Gasteiger partial charge in [-0.1, -0.05) is 12.1 Å². The summed E-state index contributed by atoms with van der Waals surface area (Å²) in [6.45, 7) is 1.92. The van der Waals surface area contributed by atoms with E-state index in [4.69, 9.17) is 0 Å². The fraction of sp³-hybridized carbons (Fsp3) is 0.333. The van der Waals surface area contributed by atoms with Crippen LogP contribution in [0.25, 0.3) is 0 Å². The molecule has 0 saturated carbocycles. The number of fused-ring (bicyclic) bond motifs is 1. The molecule has 4 nitrogen and oxygen atoms in total. The average Bonchev–Trinajstić information content (AvgIpc) is 3.15. The number of halogens is 1. The van der Waals surface area contributed by atoms with E-state index in [1.54, 1.807) is 15.9 Å². The molecule has 2 aromatic rings. The van der Waals surface area contributed by atoms with E-state index in [9.17, 15) is 14.0 Å². The molecule has 5 heteroatoms. The van der Waals surface area contributed by atoms with Crippen molar-refractivity contribution >= 4 is 11.8 Å². The second-order valence-electron chi connectivity index (χ2n) is 6.93. The van der Waals surface area contributed by atoms with Crippen molar-refractivity contribution in [2.45, 2.75) is 19.3 Å². The molecule has 1 fully saturated rings. The highest BCUT2D eigenvalue weighted by atomic mass is 19.1. The summed E-state index contributed by atoms with van der Waals surface area (Å²) in [6.07, 6.45) is 3.31. The van der Waals surface area contributed by atoms with Gasteiger partial charge in [0.1, 0.15) is 5.82 Å². The first-order chi connectivity index (χ1) is 12.6. The molecule has 2 aromatic carbocycles. The van der Waals surface area contributed by atoms with Crippen molar-refractivity contribution < 1.29 is 14.0 Å². The molecule has 0 unspecified atom stereocenters. The highest BCUT2D eigenvalue weighted by molar-refractivity contribution is 5.96. The van der Waals surface area contributed by atoms with Gasteiger partial charge in [0.25, 0.3) is 11.8 Å². The number of carbonyl (C=O) groups excluding carboxylic acids is 2. The third kappa shape index (κ3) is 3.21. The summed E-state index contributed by atoms with van der Waals surface area (Å²) in [5, 5.41) is 0. The van der Waals surface area contributed by atoms with Crippen LogP contribution in [0.4, 0.5) is 4.39 Å². The van der Waals surface area contributed by atoms with E-state index < -0.39 is 5.82 Å². The minimum absolute atomic E-state index is 0.0255. The molecule has 1 saturated heterocycles. The van der Waals surface area contributed by atoms with E-state index in [1.165, 1.54) is 29.3 Å². The molecule has 134 valence electrons. The van der Waals surface area contributed by atoms with Crippen LogP contribution in [0.15, 0.2) is 42.5 Å². The van der Waals surface area contributed by atoms with Gasteiger partial charge in [-0.15, -0.1) is 0 Å². The predicted octanol–water partition coefficient (Wildman–Crippen LogP) is 2.91. The SMILES string of the molecule is O=C(c1cccc(F)c1)N1CCN(C(=O)c2ccc3c(c2)CCC3)CC1. The highest BCUT2D eigenvalue weighted by Gasteiger charge is 2.26. The Morgan fingerprint density at radius 3 is 2.04 bits per heavy atom. The molecule has 26 heavy (non-hydrogen) atoms. The van der Waals surface area contributed by atoms with Gasteiger partial charge in [-0.05, 0) is 60.7 Å². The number of carbonyl (C=O) groups is 2. The number of nitrogens with zero attached hydrogens (tertiary/aromatic N) is 2. The van der Waals surface area contributed by atoms with Gasteiger partial charge in [0.15, 0.2) is 0 Å². The number of rotatable bonds is 2. The molecule has 0 atom stereocenters. The number of hydrogen-bond acceptors (Lipinski definition) is 2. The second-order valence-corrected chi connectivity index (χ2v) is 6.93. The summed E-state index contributed by atoms with van der Waals surface area (Å²) in [4.78, 5) is 28.7. The van der Waals surface area contributed by atoms with E-state index in [0.717, 1.165) is 24.8 Å². The summed E-state index contributed by atoms with van der Waals surface area (Å²) in [5.41, 5.74) is 3.72. The topological polar surface area (TPSA) is 40.6 Å². The molecule has 1 heterocycles. The first-order valence-corrected chi connectivity index (χ1v) is 9.08. The standard InChI is InChI=1S/C21H21FN2O2/c22-19-6-2-5-17(14-19)20(25)23-9-11-24(12-10-23)21(26)18-8-7-15-3-1-4-16(15)13-18/h2,5-8,13-14H,1,3-4,9-12H2. The van der Waals surface area contributed by atoms with Gasteiger partial charge < -0.3 is 9.80 Å². The second kappa shape index (κ2) is 6.90. The molecule has 1 aliphatic heterocycles. The number of amides is 2. The van der Waals surface area contributed by atoms with E-state index in [0.29, 0.717) is 31.7 Å². The molecule has 0 radical (unpaired) electrons. The normalized spacial score (nSPS) is 16.5. The van der Waals surface area contributed by atoms with Crippen molar-refractivity contribution in [1.82, 2.24) is 9.80 Å². The summed E-state index contributed by atoms with van der Waals surface area (Å²) in [6, 6.07) is 11.7. The smallest absolute Gasteiger partial charge is 0.254 e. The summed E-state index contributed by atoms with van der Waals surface area (Å²) in [7, 11) is 0. The van der Waals surface area contributed by atoms with Gasteiger partial charge in [0.05, 0.1) is 0 Å². The molecular weight excluding hydrogens is 331 g/mol. The number of aryl methyl sites for hydroxylation is 2. The molecular formula is C21H21FN2O2. The van der Waals surface area contributed by atoms with Crippen LogP contribution in [-0.2, 0) is 12.8 Å². The van der Waals surface area contributed by atoms with E-state index in [-0.39, 0.29) is 11.8 Å². The number of piperazine rings is 1. The Bertz CT molecular complexity index is 857. The summed E-state index contributed by atoms with van der Waals surface area (Å²) < 4.78 is 13.3. The van der Waals surface area contributed by atoms with Crippen LogP contribution in [0, 0.1) is 5.82 Å². The molecule has 0 aromatic heterocycles. The van der Waals surface area contributed by atoms with Gasteiger partial charge in [-0.2, -0.15) is 0 Å². The maximum absolute atomic E-state index is 13.3. The Morgan fingerprint density at radius 1 is 0.769 bits per heavy atom. The van der Waals surface area contributed by atoms with Gasteiger partial charge in [0.2, 0.25) is 0 Å². The quantitative estimate of drug-likeness (QED) is 0.834. The lowest BCUT2D eigenvalue weighted by molar-refractivity contribution is 0.0535. The van der Waals surface area contributed by atoms with Crippen molar-refractivity contribution in [3.8, 4) is 0 Å². The van der Waals surface area contributed by atoms with Crippen LogP contribution < -0.4 is 0 Å². The fourth-order valence-electron chi connectivity index (χ4n) is 3.80. The van der Waals surface area contributed by atoms with Crippen LogP contribution >= 0.6 is 0 Å². The number of benzene rings is 2. The molecule has 2 aliphatic rings. The van der Waals surface area contributed by atoms with Crippen molar-refractivity contribution in [3.05, 3.63) is 70.5 Å². The Morgan fingerprint density at radius 2 is 1.38 bits per heavy atom. The van der Waals surface area contributed by atoms with Crippen LogP contribution in [0.5, 0.6) is 0 Å². The molecule has 0 bridgehead atoms. The number of hydrogen-bond donors (Lipinski definition) is 0. The first kappa shape index (κ1) is 16.8. The lowest BCUT2D eigenvalue weighted by Gasteiger charge is -2.35. The van der Waals surface area contributed by atoms with Gasteiger partial charge in [-0.3, -0.25) is 9.59 Å². The van der Waals surface area contributed by atoms with E-state index in [2.05, 4.69) is 6.07 Å². The zero-order valence-electron chi connectivity index (χ0n) is 14.6. The van der Waals surface area contributed by atoms with Crippen LogP contribution in [-0.4, -0.2) is 47.8 Å².